The molecule has 0 aliphatic heterocycles. The molecule has 0 aliphatic rings. The molecule has 0 heterocycles. The third kappa shape index (κ3) is 2.37. The number of rotatable bonds is 2. The molecule has 0 saturated carbocycles. The lowest BCUT2D eigenvalue weighted by atomic mass is 10.00. The van der Waals surface area contributed by atoms with Crippen molar-refractivity contribution in [3.05, 3.63) is 82.1 Å². The van der Waals surface area contributed by atoms with Crippen molar-refractivity contribution in [1.29, 1.82) is 0 Å². The van der Waals surface area contributed by atoms with Gasteiger partial charge < -0.3 is 0 Å². The first-order valence-corrected chi connectivity index (χ1v) is 6.93. The summed E-state index contributed by atoms with van der Waals surface area (Å²) in [6.45, 7) is 0. The molecule has 0 spiro atoms. The number of halogens is 2. The predicted octanol–water partition coefficient (Wildman–Crippen LogP) is 4.97. The van der Waals surface area contributed by atoms with Crippen LogP contribution in [0.5, 0.6) is 0 Å². The molecule has 0 unspecified atom stereocenters. The molecule has 3 aromatic rings. The van der Waals surface area contributed by atoms with Gasteiger partial charge in [0.15, 0.2) is 5.78 Å². The Morgan fingerprint density at radius 2 is 1.65 bits per heavy atom. The summed E-state index contributed by atoms with van der Waals surface area (Å²) < 4.78 is 13.5. The van der Waals surface area contributed by atoms with Crippen molar-refractivity contribution < 1.29 is 9.18 Å². The minimum Gasteiger partial charge on any atom is -0.289 e. The third-order valence-corrected chi connectivity index (χ3v) is 3.84. The number of hydrogen-bond acceptors (Lipinski definition) is 1. The van der Waals surface area contributed by atoms with Gasteiger partial charge >= 0.3 is 0 Å². The van der Waals surface area contributed by atoms with Crippen molar-refractivity contribution in [2.45, 2.75) is 0 Å². The average Bonchev–Trinajstić information content (AvgIpc) is 2.46. The van der Waals surface area contributed by atoms with Crippen LogP contribution in [-0.2, 0) is 0 Å². The van der Waals surface area contributed by atoms with Crippen molar-refractivity contribution in [3.63, 3.8) is 0 Å². The molecule has 0 radical (unpaired) electrons. The molecule has 0 aliphatic carbocycles. The first kappa shape index (κ1) is 13.0. The van der Waals surface area contributed by atoms with Crippen molar-refractivity contribution in [1.82, 2.24) is 0 Å². The minimum atomic E-state index is -0.369. The van der Waals surface area contributed by atoms with Gasteiger partial charge in [0.2, 0.25) is 0 Å². The Bertz CT molecular complexity index is 811. The Morgan fingerprint density at radius 3 is 2.40 bits per heavy atom. The second kappa shape index (κ2) is 5.17. The van der Waals surface area contributed by atoms with Gasteiger partial charge in [0.25, 0.3) is 0 Å². The highest BCUT2D eigenvalue weighted by Gasteiger charge is 2.13. The minimum absolute atomic E-state index is 0.123. The Hall–Kier alpha value is -2.00. The van der Waals surface area contributed by atoms with E-state index in [9.17, 15) is 9.18 Å². The molecule has 3 heteroatoms. The predicted molar refractivity (Wildman–Crippen MR) is 81.5 cm³/mol. The molecule has 0 fully saturated rings. The molecule has 0 N–H and O–H groups in total. The summed E-state index contributed by atoms with van der Waals surface area (Å²) in [4.78, 5) is 12.5. The van der Waals surface area contributed by atoms with Crippen LogP contribution >= 0.6 is 15.9 Å². The number of carbonyl (C=O) groups is 1. The first-order valence-electron chi connectivity index (χ1n) is 6.14. The molecular weight excluding hydrogens is 319 g/mol. The zero-order chi connectivity index (χ0) is 14.1. The van der Waals surface area contributed by atoms with Crippen LogP contribution in [-0.4, -0.2) is 5.78 Å². The summed E-state index contributed by atoms with van der Waals surface area (Å²) >= 11 is 3.23. The second-order valence-electron chi connectivity index (χ2n) is 4.52. The highest BCUT2D eigenvalue weighted by molar-refractivity contribution is 9.10. The monoisotopic (exact) mass is 328 g/mol. The van der Waals surface area contributed by atoms with Crippen LogP contribution in [0.4, 0.5) is 4.39 Å². The number of benzene rings is 3. The molecule has 20 heavy (non-hydrogen) atoms. The maximum atomic E-state index is 13.1. The van der Waals surface area contributed by atoms with E-state index in [0.29, 0.717) is 15.6 Å². The van der Waals surface area contributed by atoms with Gasteiger partial charge in [-0.25, -0.2) is 4.39 Å². The van der Waals surface area contributed by atoms with Crippen LogP contribution in [0.15, 0.2) is 65.1 Å². The summed E-state index contributed by atoms with van der Waals surface area (Å²) in [5, 5.41) is 2.10. The quantitative estimate of drug-likeness (QED) is 0.607. The lowest BCUT2D eigenvalue weighted by molar-refractivity contribution is 0.103. The topological polar surface area (TPSA) is 17.1 Å². The summed E-state index contributed by atoms with van der Waals surface area (Å²) in [6, 6.07) is 17.5. The summed E-state index contributed by atoms with van der Waals surface area (Å²) in [5.74, 6) is -0.491. The van der Waals surface area contributed by atoms with Gasteiger partial charge in [-0.05, 0) is 51.0 Å². The zero-order valence-corrected chi connectivity index (χ0v) is 12.0. The van der Waals surface area contributed by atoms with E-state index in [-0.39, 0.29) is 11.6 Å². The van der Waals surface area contributed by atoms with E-state index in [2.05, 4.69) is 15.9 Å². The van der Waals surface area contributed by atoms with Crippen LogP contribution in [0.25, 0.3) is 10.8 Å². The van der Waals surface area contributed by atoms with E-state index < -0.39 is 0 Å². The first-order chi connectivity index (χ1) is 9.65. The summed E-state index contributed by atoms with van der Waals surface area (Å²) in [6.07, 6.45) is 0. The van der Waals surface area contributed by atoms with Gasteiger partial charge in [0.1, 0.15) is 5.82 Å². The fraction of sp³-hybridized carbons (Fsp3) is 0. The van der Waals surface area contributed by atoms with Crippen LogP contribution in [0, 0.1) is 5.82 Å². The van der Waals surface area contributed by atoms with Gasteiger partial charge in [-0.1, -0.05) is 36.4 Å². The van der Waals surface area contributed by atoms with Gasteiger partial charge in [-0.15, -0.1) is 0 Å². The highest BCUT2D eigenvalue weighted by Crippen LogP contribution is 2.23. The summed E-state index contributed by atoms with van der Waals surface area (Å²) in [7, 11) is 0. The molecule has 3 rings (SSSR count). The van der Waals surface area contributed by atoms with Crippen LogP contribution in [0.1, 0.15) is 15.9 Å². The van der Waals surface area contributed by atoms with Crippen molar-refractivity contribution in [3.8, 4) is 0 Å². The van der Waals surface area contributed by atoms with Gasteiger partial charge in [0, 0.05) is 15.6 Å². The maximum Gasteiger partial charge on any atom is 0.194 e. The fourth-order valence-electron chi connectivity index (χ4n) is 2.16. The SMILES string of the molecule is O=C(c1ccc2ccccc2c1)c1ccc(F)cc1Br. The van der Waals surface area contributed by atoms with Crippen LogP contribution in [0.3, 0.4) is 0 Å². The standard InChI is InChI=1S/C17H10BrFO/c18-16-10-14(19)7-8-15(16)17(20)13-6-5-11-3-1-2-4-12(11)9-13/h1-10H. The Morgan fingerprint density at radius 1 is 0.900 bits per heavy atom. The number of ketones is 1. The van der Waals surface area contributed by atoms with Crippen molar-refractivity contribution in [2.24, 2.45) is 0 Å². The number of carbonyl (C=O) groups excluding carboxylic acids is 1. The van der Waals surface area contributed by atoms with Gasteiger partial charge in [-0.2, -0.15) is 0 Å². The Kier molecular flexibility index (Phi) is 3.36. The molecule has 0 amide bonds. The molecule has 0 aromatic heterocycles. The van der Waals surface area contributed by atoms with Crippen molar-refractivity contribution >= 4 is 32.5 Å². The lowest BCUT2D eigenvalue weighted by Gasteiger charge is -2.05. The Labute approximate surface area is 124 Å². The van der Waals surface area contributed by atoms with Gasteiger partial charge in [-0.3, -0.25) is 4.79 Å². The van der Waals surface area contributed by atoms with Gasteiger partial charge in [0.05, 0.1) is 0 Å². The van der Waals surface area contributed by atoms with E-state index in [0.717, 1.165) is 10.8 Å². The van der Waals surface area contributed by atoms with E-state index in [1.165, 1.54) is 18.2 Å². The second-order valence-corrected chi connectivity index (χ2v) is 5.37. The molecule has 3 aromatic carbocycles. The molecule has 0 saturated heterocycles. The van der Waals surface area contributed by atoms with E-state index in [1.807, 2.05) is 36.4 Å². The average molecular weight is 329 g/mol. The fourth-order valence-corrected chi connectivity index (χ4v) is 2.69. The summed E-state index contributed by atoms with van der Waals surface area (Å²) in [5.41, 5.74) is 1.05. The Balaban J connectivity index is 2.08. The number of hydrogen-bond donors (Lipinski definition) is 0. The normalized spacial score (nSPS) is 10.7. The molecule has 98 valence electrons. The van der Waals surface area contributed by atoms with Crippen molar-refractivity contribution in [2.75, 3.05) is 0 Å². The molecule has 1 nitrogen and oxygen atoms in total. The van der Waals surface area contributed by atoms with E-state index in [4.69, 9.17) is 0 Å². The molecular formula is C17H10BrFO. The number of fused-ring (bicyclic) bond motifs is 1. The maximum absolute atomic E-state index is 13.1. The van der Waals surface area contributed by atoms with Crippen LogP contribution in [0.2, 0.25) is 0 Å². The largest absolute Gasteiger partial charge is 0.289 e. The zero-order valence-electron chi connectivity index (χ0n) is 10.4. The lowest BCUT2D eigenvalue weighted by Crippen LogP contribution is -2.02. The molecule has 0 atom stereocenters. The van der Waals surface area contributed by atoms with E-state index in [1.54, 1.807) is 6.07 Å². The van der Waals surface area contributed by atoms with E-state index >= 15 is 0 Å². The smallest absolute Gasteiger partial charge is 0.194 e. The van der Waals surface area contributed by atoms with Crippen LogP contribution < -0.4 is 0 Å². The molecule has 0 bridgehead atoms. The third-order valence-electron chi connectivity index (χ3n) is 3.19. The highest BCUT2D eigenvalue weighted by atomic mass is 79.9.